The van der Waals surface area contributed by atoms with E-state index in [0.29, 0.717) is 11.5 Å². The second-order valence-electron chi connectivity index (χ2n) is 5.27. The average Bonchev–Trinajstić information content (AvgIpc) is 2.54. The molecule has 0 aliphatic rings. The summed E-state index contributed by atoms with van der Waals surface area (Å²) < 4.78 is 18.4. The summed E-state index contributed by atoms with van der Waals surface area (Å²) in [4.78, 5) is 0. The van der Waals surface area contributed by atoms with Crippen molar-refractivity contribution in [3.63, 3.8) is 0 Å². The van der Waals surface area contributed by atoms with Crippen LogP contribution in [0, 0.1) is 5.82 Å². The monoisotopic (exact) mass is 288 g/mol. The Hall–Kier alpha value is -1.87. The van der Waals surface area contributed by atoms with Crippen molar-refractivity contribution < 1.29 is 14.2 Å². The maximum absolute atomic E-state index is 13.4. The molecule has 0 bridgehead atoms. The highest BCUT2D eigenvalue weighted by Gasteiger charge is 2.14. The highest BCUT2D eigenvalue weighted by molar-refractivity contribution is 5.37. The molecule has 0 aliphatic heterocycles. The molecule has 0 saturated heterocycles. The Kier molecular flexibility index (Phi) is 4.97. The number of methoxy groups -OCH3 is 1. The van der Waals surface area contributed by atoms with Crippen molar-refractivity contribution in [3.05, 3.63) is 65.0 Å². The summed E-state index contributed by atoms with van der Waals surface area (Å²) in [5, 5.41) is 10.4. The molecule has 0 aromatic heterocycles. The number of halogens is 1. The largest absolute Gasteiger partial charge is 0.494 e. The van der Waals surface area contributed by atoms with Gasteiger partial charge in [0, 0.05) is 0 Å². The van der Waals surface area contributed by atoms with E-state index in [-0.39, 0.29) is 5.75 Å². The number of hydrogen-bond acceptors (Lipinski definition) is 2. The number of hydrogen-bond donors (Lipinski definition) is 1. The van der Waals surface area contributed by atoms with Gasteiger partial charge in [0.15, 0.2) is 11.6 Å². The summed E-state index contributed by atoms with van der Waals surface area (Å²) in [7, 11) is 1.41. The van der Waals surface area contributed by atoms with Crippen LogP contribution in [0.2, 0.25) is 0 Å². The van der Waals surface area contributed by atoms with Gasteiger partial charge >= 0.3 is 0 Å². The van der Waals surface area contributed by atoms with Crippen LogP contribution in [0.5, 0.6) is 5.75 Å². The lowest BCUT2D eigenvalue weighted by atomic mass is 9.95. The topological polar surface area (TPSA) is 29.5 Å². The smallest absolute Gasteiger partial charge is 0.165 e. The van der Waals surface area contributed by atoms with Crippen molar-refractivity contribution in [2.24, 2.45) is 0 Å². The molecule has 1 N–H and O–H groups in total. The zero-order chi connectivity index (χ0) is 15.4. The van der Waals surface area contributed by atoms with Crippen LogP contribution in [0.3, 0.4) is 0 Å². The zero-order valence-corrected chi connectivity index (χ0v) is 12.6. The molecule has 0 saturated carbocycles. The van der Waals surface area contributed by atoms with Gasteiger partial charge < -0.3 is 9.84 Å². The molecule has 0 amide bonds. The summed E-state index contributed by atoms with van der Waals surface area (Å²) in [6.45, 7) is 4.33. The van der Waals surface area contributed by atoms with E-state index in [9.17, 15) is 9.50 Å². The van der Waals surface area contributed by atoms with Crippen LogP contribution in [0.15, 0.2) is 42.5 Å². The molecule has 0 aliphatic carbocycles. The van der Waals surface area contributed by atoms with Gasteiger partial charge in [0.25, 0.3) is 0 Å². The Bertz CT molecular complexity index is 593. The first-order valence-electron chi connectivity index (χ1n) is 7.18. The fraction of sp³-hybridized carbons (Fsp3) is 0.333. The predicted molar refractivity (Wildman–Crippen MR) is 82.2 cm³/mol. The van der Waals surface area contributed by atoms with Crippen LogP contribution in [-0.2, 0) is 0 Å². The molecule has 0 fully saturated rings. The molecule has 112 valence electrons. The van der Waals surface area contributed by atoms with E-state index in [1.54, 1.807) is 6.07 Å². The quantitative estimate of drug-likeness (QED) is 0.882. The van der Waals surface area contributed by atoms with E-state index in [0.717, 1.165) is 12.0 Å². The molecule has 21 heavy (non-hydrogen) atoms. The van der Waals surface area contributed by atoms with Crippen LogP contribution in [0.25, 0.3) is 0 Å². The van der Waals surface area contributed by atoms with Crippen molar-refractivity contribution in [1.82, 2.24) is 0 Å². The lowest BCUT2D eigenvalue weighted by Crippen LogP contribution is -2.02. The average molecular weight is 288 g/mol. The lowest BCUT2D eigenvalue weighted by molar-refractivity contribution is 0.219. The minimum atomic E-state index is -0.787. The molecule has 2 aromatic carbocycles. The Morgan fingerprint density at radius 3 is 2.19 bits per heavy atom. The van der Waals surface area contributed by atoms with E-state index in [1.807, 2.05) is 24.3 Å². The molecule has 2 atom stereocenters. The van der Waals surface area contributed by atoms with Crippen molar-refractivity contribution >= 4 is 0 Å². The first-order valence-corrected chi connectivity index (χ1v) is 7.18. The molecule has 0 heterocycles. The zero-order valence-electron chi connectivity index (χ0n) is 12.6. The Morgan fingerprint density at radius 2 is 1.62 bits per heavy atom. The van der Waals surface area contributed by atoms with Crippen LogP contribution in [-0.4, -0.2) is 12.2 Å². The Balaban J connectivity index is 2.25. The minimum Gasteiger partial charge on any atom is -0.494 e. The Morgan fingerprint density at radius 1 is 1.05 bits per heavy atom. The van der Waals surface area contributed by atoms with Gasteiger partial charge in [-0.3, -0.25) is 0 Å². The molecule has 2 nitrogen and oxygen atoms in total. The van der Waals surface area contributed by atoms with E-state index in [4.69, 9.17) is 4.74 Å². The number of ether oxygens (including phenoxy) is 1. The minimum absolute atomic E-state index is 0.141. The van der Waals surface area contributed by atoms with Crippen LogP contribution in [0.1, 0.15) is 49.0 Å². The van der Waals surface area contributed by atoms with Gasteiger partial charge in [-0.2, -0.15) is 0 Å². The summed E-state index contributed by atoms with van der Waals surface area (Å²) in [5.74, 6) is 0.213. The normalized spacial score (nSPS) is 13.8. The second kappa shape index (κ2) is 6.72. The van der Waals surface area contributed by atoms with Crippen molar-refractivity contribution in [2.45, 2.75) is 32.3 Å². The van der Waals surface area contributed by atoms with E-state index >= 15 is 0 Å². The third kappa shape index (κ3) is 3.42. The number of aliphatic hydroxyl groups is 1. The molecular weight excluding hydrogens is 267 g/mol. The molecule has 2 unspecified atom stereocenters. The van der Waals surface area contributed by atoms with Gasteiger partial charge in [-0.15, -0.1) is 0 Å². The summed E-state index contributed by atoms with van der Waals surface area (Å²) in [5.41, 5.74) is 2.66. The third-order valence-electron chi connectivity index (χ3n) is 3.92. The SMILES string of the molecule is CCC(C)c1ccc(C(O)c2ccc(F)c(OC)c2)cc1. The van der Waals surface area contributed by atoms with E-state index in [1.165, 1.54) is 24.8 Å². The van der Waals surface area contributed by atoms with Gasteiger partial charge in [0.05, 0.1) is 7.11 Å². The Labute approximate surface area is 125 Å². The van der Waals surface area contributed by atoms with Crippen LogP contribution < -0.4 is 4.74 Å². The number of rotatable bonds is 5. The summed E-state index contributed by atoms with van der Waals surface area (Å²) >= 11 is 0. The first-order chi connectivity index (χ1) is 10.1. The molecule has 2 rings (SSSR count). The fourth-order valence-electron chi connectivity index (χ4n) is 2.28. The van der Waals surface area contributed by atoms with Crippen LogP contribution >= 0.6 is 0 Å². The second-order valence-corrected chi connectivity index (χ2v) is 5.27. The van der Waals surface area contributed by atoms with Gasteiger partial charge in [-0.25, -0.2) is 4.39 Å². The van der Waals surface area contributed by atoms with Crippen molar-refractivity contribution in [2.75, 3.05) is 7.11 Å². The fourth-order valence-corrected chi connectivity index (χ4v) is 2.28. The molecule has 0 radical (unpaired) electrons. The van der Waals surface area contributed by atoms with E-state index < -0.39 is 11.9 Å². The summed E-state index contributed by atoms with van der Waals surface area (Å²) in [6, 6.07) is 12.3. The van der Waals surface area contributed by atoms with E-state index in [2.05, 4.69) is 13.8 Å². The maximum Gasteiger partial charge on any atom is 0.165 e. The van der Waals surface area contributed by atoms with Gasteiger partial charge in [0.2, 0.25) is 0 Å². The van der Waals surface area contributed by atoms with Crippen molar-refractivity contribution in [1.29, 1.82) is 0 Å². The van der Waals surface area contributed by atoms with Crippen LogP contribution in [0.4, 0.5) is 4.39 Å². The molecular formula is C18H21FO2. The lowest BCUT2D eigenvalue weighted by Gasteiger charge is -2.15. The number of benzene rings is 2. The molecule has 3 heteroatoms. The van der Waals surface area contributed by atoms with Gasteiger partial charge in [-0.1, -0.05) is 44.2 Å². The first kappa shape index (κ1) is 15.5. The van der Waals surface area contributed by atoms with Gasteiger partial charge in [-0.05, 0) is 41.2 Å². The van der Waals surface area contributed by atoms with Crippen molar-refractivity contribution in [3.8, 4) is 5.75 Å². The summed E-state index contributed by atoms with van der Waals surface area (Å²) in [6.07, 6.45) is 0.294. The highest BCUT2D eigenvalue weighted by Crippen LogP contribution is 2.28. The highest BCUT2D eigenvalue weighted by atomic mass is 19.1. The molecule has 2 aromatic rings. The maximum atomic E-state index is 13.4. The standard InChI is InChI=1S/C18H21FO2/c1-4-12(2)13-5-7-14(8-6-13)18(20)15-9-10-16(19)17(11-15)21-3/h5-12,18,20H,4H2,1-3H3. The number of aliphatic hydroxyl groups excluding tert-OH is 1. The predicted octanol–water partition coefficient (Wildman–Crippen LogP) is 4.43. The third-order valence-corrected chi connectivity index (χ3v) is 3.92. The van der Waals surface area contributed by atoms with Gasteiger partial charge in [0.1, 0.15) is 6.10 Å². The molecule has 0 spiro atoms.